The molecule has 26 heavy (non-hydrogen) atoms. The van der Waals surface area contributed by atoms with Crippen molar-refractivity contribution in [2.24, 2.45) is 0 Å². The van der Waals surface area contributed by atoms with Crippen molar-refractivity contribution >= 4 is 23.3 Å². The number of rotatable bonds is 7. The maximum Gasteiger partial charge on any atom is 0.417 e. The Morgan fingerprint density at radius 1 is 1.23 bits per heavy atom. The van der Waals surface area contributed by atoms with E-state index in [4.69, 9.17) is 11.6 Å². The lowest BCUT2D eigenvalue weighted by atomic mass is 10.1. The molecular weight excluding hydrogens is 367 g/mol. The van der Waals surface area contributed by atoms with Crippen LogP contribution in [0.15, 0.2) is 36.5 Å². The van der Waals surface area contributed by atoms with E-state index in [9.17, 15) is 18.0 Å². The van der Waals surface area contributed by atoms with E-state index in [1.165, 1.54) is 5.56 Å². The summed E-state index contributed by atoms with van der Waals surface area (Å²) in [4.78, 5) is 15.5. The molecule has 0 atom stereocenters. The summed E-state index contributed by atoms with van der Waals surface area (Å²) in [5.74, 6) is -0.0413. The molecule has 0 spiro atoms. The number of carbonyl (C=O) groups excluding carboxylic acids is 1. The molecule has 0 aliphatic heterocycles. The molecule has 140 valence electrons. The van der Waals surface area contributed by atoms with Crippen molar-refractivity contribution in [3.05, 3.63) is 58.2 Å². The van der Waals surface area contributed by atoms with Crippen LogP contribution in [0.25, 0.3) is 0 Å². The Kier molecular flexibility index (Phi) is 6.85. The van der Waals surface area contributed by atoms with Gasteiger partial charge in [-0.3, -0.25) is 4.79 Å². The summed E-state index contributed by atoms with van der Waals surface area (Å²) < 4.78 is 37.6. The Labute approximate surface area is 154 Å². The number of nitrogens with one attached hydrogen (secondary N) is 2. The average molecular weight is 386 g/mol. The molecule has 2 rings (SSSR count). The first-order chi connectivity index (χ1) is 12.3. The van der Waals surface area contributed by atoms with Crippen molar-refractivity contribution in [2.45, 2.75) is 25.9 Å². The summed E-state index contributed by atoms with van der Waals surface area (Å²) in [5, 5.41) is 5.43. The highest BCUT2D eigenvalue weighted by Gasteiger charge is 2.31. The van der Waals surface area contributed by atoms with E-state index >= 15 is 0 Å². The summed E-state index contributed by atoms with van der Waals surface area (Å²) in [5.41, 5.74) is 1.39. The standard InChI is InChI=1S/C18H19ClF3N3O/c1-12-3-2-4-13(9-12)5-7-23-16(26)6-8-24-17-15(19)10-14(11-25-17)18(20,21)22/h2-4,9-11H,5-8H2,1H3,(H,23,26)(H,24,25). The number of halogens is 4. The number of nitrogens with zero attached hydrogens (tertiary/aromatic N) is 1. The summed E-state index contributed by atoms with van der Waals surface area (Å²) in [6, 6.07) is 8.84. The molecule has 1 heterocycles. The lowest BCUT2D eigenvalue weighted by Gasteiger charge is -2.11. The number of alkyl halides is 3. The Morgan fingerprint density at radius 3 is 2.65 bits per heavy atom. The van der Waals surface area contributed by atoms with E-state index in [0.29, 0.717) is 12.7 Å². The van der Waals surface area contributed by atoms with Crippen LogP contribution in [0, 0.1) is 6.92 Å². The number of hydrogen-bond donors (Lipinski definition) is 2. The van der Waals surface area contributed by atoms with Crippen LogP contribution in [0.2, 0.25) is 5.02 Å². The summed E-state index contributed by atoms with van der Waals surface area (Å²) in [7, 11) is 0. The molecule has 0 fully saturated rings. The van der Waals surface area contributed by atoms with Gasteiger partial charge < -0.3 is 10.6 Å². The van der Waals surface area contributed by atoms with Gasteiger partial charge in [0.05, 0.1) is 10.6 Å². The highest BCUT2D eigenvalue weighted by Crippen LogP contribution is 2.32. The van der Waals surface area contributed by atoms with E-state index in [2.05, 4.69) is 21.7 Å². The van der Waals surface area contributed by atoms with Gasteiger partial charge in [0.1, 0.15) is 5.82 Å². The average Bonchev–Trinajstić information content (AvgIpc) is 2.55. The van der Waals surface area contributed by atoms with Gasteiger partial charge in [-0.2, -0.15) is 13.2 Å². The van der Waals surface area contributed by atoms with Crippen LogP contribution >= 0.6 is 11.6 Å². The predicted molar refractivity (Wildman–Crippen MR) is 95.2 cm³/mol. The van der Waals surface area contributed by atoms with Crippen molar-refractivity contribution in [2.75, 3.05) is 18.4 Å². The normalized spacial score (nSPS) is 11.3. The van der Waals surface area contributed by atoms with Crippen LogP contribution in [-0.2, 0) is 17.4 Å². The molecule has 0 saturated carbocycles. The quantitative estimate of drug-likeness (QED) is 0.750. The third-order valence-electron chi connectivity index (χ3n) is 3.63. The van der Waals surface area contributed by atoms with Gasteiger partial charge in [-0.15, -0.1) is 0 Å². The first-order valence-electron chi connectivity index (χ1n) is 8.04. The first kappa shape index (κ1) is 20.0. The summed E-state index contributed by atoms with van der Waals surface area (Å²) in [6.07, 6.45) is -2.90. The molecule has 0 aliphatic carbocycles. The molecule has 0 unspecified atom stereocenters. The van der Waals surface area contributed by atoms with Gasteiger partial charge in [-0.1, -0.05) is 41.4 Å². The smallest absolute Gasteiger partial charge is 0.368 e. The zero-order chi connectivity index (χ0) is 19.2. The Morgan fingerprint density at radius 2 is 2.00 bits per heavy atom. The number of aryl methyl sites for hydroxylation is 1. The zero-order valence-corrected chi connectivity index (χ0v) is 14.9. The number of amides is 1. The monoisotopic (exact) mass is 385 g/mol. The zero-order valence-electron chi connectivity index (χ0n) is 14.2. The topological polar surface area (TPSA) is 54.0 Å². The Balaban J connectivity index is 1.73. The highest BCUT2D eigenvalue weighted by molar-refractivity contribution is 6.32. The molecule has 0 saturated heterocycles. The molecule has 2 N–H and O–H groups in total. The maximum absolute atomic E-state index is 12.5. The molecule has 1 aromatic carbocycles. The second kappa shape index (κ2) is 8.89. The lowest BCUT2D eigenvalue weighted by Crippen LogP contribution is -2.27. The van der Waals surface area contributed by atoms with Crippen molar-refractivity contribution < 1.29 is 18.0 Å². The summed E-state index contributed by atoms with van der Waals surface area (Å²) in [6.45, 7) is 2.74. The van der Waals surface area contributed by atoms with Gasteiger partial charge >= 0.3 is 6.18 Å². The van der Waals surface area contributed by atoms with Gasteiger partial charge in [-0.25, -0.2) is 4.98 Å². The Bertz CT molecular complexity index is 766. The van der Waals surface area contributed by atoms with Gasteiger partial charge in [-0.05, 0) is 25.0 Å². The van der Waals surface area contributed by atoms with E-state index in [1.807, 2.05) is 25.1 Å². The number of pyridine rings is 1. The minimum absolute atomic E-state index is 0.118. The van der Waals surface area contributed by atoms with Gasteiger partial charge in [0.2, 0.25) is 5.91 Å². The van der Waals surface area contributed by atoms with Crippen molar-refractivity contribution in [3.63, 3.8) is 0 Å². The molecule has 2 aromatic rings. The highest BCUT2D eigenvalue weighted by atomic mass is 35.5. The number of aromatic nitrogens is 1. The second-order valence-corrected chi connectivity index (χ2v) is 6.23. The van der Waals surface area contributed by atoms with Gasteiger partial charge in [0.15, 0.2) is 0 Å². The molecule has 1 amide bonds. The molecule has 8 heteroatoms. The van der Waals surface area contributed by atoms with Crippen LogP contribution in [0.3, 0.4) is 0 Å². The molecule has 4 nitrogen and oxygen atoms in total. The molecule has 1 aromatic heterocycles. The number of carbonyl (C=O) groups is 1. The lowest BCUT2D eigenvalue weighted by molar-refractivity contribution is -0.137. The molecule has 0 bridgehead atoms. The van der Waals surface area contributed by atoms with Crippen LogP contribution in [0.4, 0.5) is 19.0 Å². The number of anilines is 1. The van der Waals surface area contributed by atoms with Crippen LogP contribution in [0.5, 0.6) is 0 Å². The Hall–Kier alpha value is -2.28. The van der Waals surface area contributed by atoms with E-state index in [-0.39, 0.29) is 29.7 Å². The molecule has 0 aliphatic rings. The minimum Gasteiger partial charge on any atom is -0.368 e. The van der Waals surface area contributed by atoms with Crippen molar-refractivity contribution in [3.8, 4) is 0 Å². The molecule has 0 radical (unpaired) electrons. The fourth-order valence-corrected chi connectivity index (χ4v) is 2.55. The van der Waals surface area contributed by atoms with E-state index in [0.717, 1.165) is 18.1 Å². The predicted octanol–water partition coefficient (Wildman–Crippen LogP) is 4.22. The number of benzene rings is 1. The second-order valence-electron chi connectivity index (χ2n) is 5.82. The summed E-state index contributed by atoms with van der Waals surface area (Å²) >= 11 is 5.79. The maximum atomic E-state index is 12.5. The fourth-order valence-electron chi connectivity index (χ4n) is 2.32. The van der Waals surface area contributed by atoms with Crippen molar-refractivity contribution in [1.82, 2.24) is 10.3 Å². The van der Waals surface area contributed by atoms with Crippen molar-refractivity contribution in [1.29, 1.82) is 0 Å². The third kappa shape index (κ3) is 6.22. The third-order valence-corrected chi connectivity index (χ3v) is 3.92. The first-order valence-corrected chi connectivity index (χ1v) is 8.42. The van der Waals surface area contributed by atoms with E-state index in [1.54, 1.807) is 0 Å². The fraction of sp³-hybridized carbons (Fsp3) is 0.333. The van der Waals surface area contributed by atoms with Crippen LogP contribution in [0.1, 0.15) is 23.1 Å². The van der Waals surface area contributed by atoms with Gasteiger partial charge in [0.25, 0.3) is 0 Å². The largest absolute Gasteiger partial charge is 0.417 e. The minimum atomic E-state index is -4.49. The van der Waals surface area contributed by atoms with Gasteiger partial charge in [0, 0.05) is 25.7 Å². The van der Waals surface area contributed by atoms with Crippen LogP contribution in [-0.4, -0.2) is 24.0 Å². The number of hydrogen-bond acceptors (Lipinski definition) is 3. The van der Waals surface area contributed by atoms with E-state index < -0.39 is 11.7 Å². The van der Waals surface area contributed by atoms with Crippen LogP contribution < -0.4 is 10.6 Å². The molecular formula is C18H19ClF3N3O. The SMILES string of the molecule is Cc1cccc(CCNC(=O)CCNc2ncc(C(F)(F)F)cc2Cl)c1.